The monoisotopic (exact) mass is 280 g/mol. The molecule has 0 bridgehead atoms. The summed E-state index contributed by atoms with van der Waals surface area (Å²) in [4.78, 5) is 11.7. The highest BCUT2D eigenvalue weighted by molar-refractivity contribution is 5.92. The zero-order chi connectivity index (χ0) is 14.8. The van der Waals surface area contributed by atoms with Gasteiger partial charge in [-0.25, -0.2) is 4.39 Å². The predicted octanol–water partition coefficient (Wildman–Crippen LogP) is 3.71. The van der Waals surface area contributed by atoms with Crippen LogP contribution in [-0.2, 0) is 4.79 Å². The van der Waals surface area contributed by atoms with Gasteiger partial charge in [0.2, 0.25) is 5.91 Å². The van der Waals surface area contributed by atoms with E-state index in [9.17, 15) is 9.18 Å². The summed E-state index contributed by atoms with van der Waals surface area (Å²) in [5, 5.41) is 5.73. The number of nitrogens with one attached hydrogen (secondary N) is 2. The minimum atomic E-state index is -0.409. The predicted molar refractivity (Wildman–Crippen MR) is 81.3 cm³/mol. The molecule has 4 heteroatoms. The molecule has 20 heavy (non-hydrogen) atoms. The van der Waals surface area contributed by atoms with Crippen LogP contribution in [0.1, 0.15) is 46.0 Å². The van der Waals surface area contributed by atoms with Crippen molar-refractivity contribution in [3.63, 3.8) is 0 Å². The van der Waals surface area contributed by atoms with E-state index in [1.54, 1.807) is 18.2 Å². The minimum Gasteiger partial charge on any atom is -0.322 e. The molecule has 1 amide bonds. The van der Waals surface area contributed by atoms with Crippen molar-refractivity contribution in [3.05, 3.63) is 30.1 Å². The first-order chi connectivity index (χ1) is 9.63. The van der Waals surface area contributed by atoms with Crippen molar-refractivity contribution in [3.8, 4) is 0 Å². The van der Waals surface area contributed by atoms with Crippen molar-refractivity contribution in [1.29, 1.82) is 0 Å². The minimum absolute atomic E-state index is 0.212. The van der Waals surface area contributed by atoms with Gasteiger partial charge in [0.1, 0.15) is 5.82 Å². The van der Waals surface area contributed by atoms with Crippen LogP contribution >= 0.6 is 0 Å². The molecule has 1 atom stereocenters. The molecule has 0 heterocycles. The van der Waals surface area contributed by atoms with Crippen molar-refractivity contribution < 1.29 is 9.18 Å². The van der Waals surface area contributed by atoms with E-state index < -0.39 is 5.82 Å². The fourth-order valence-electron chi connectivity index (χ4n) is 2.00. The highest BCUT2D eigenvalue weighted by Crippen LogP contribution is 2.11. The summed E-state index contributed by atoms with van der Waals surface area (Å²) in [5.41, 5.74) is 0.231. The molecule has 0 radical (unpaired) electrons. The van der Waals surface area contributed by atoms with Gasteiger partial charge in [-0.05, 0) is 25.5 Å². The Kier molecular flexibility index (Phi) is 7.88. The van der Waals surface area contributed by atoms with Gasteiger partial charge in [0.15, 0.2) is 0 Å². The van der Waals surface area contributed by atoms with Crippen molar-refractivity contribution in [1.82, 2.24) is 5.32 Å². The molecule has 1 aromatic carbocycles. The van der Waals surface area contributed by atoms with Crippen LogP contribution in [0.15, 0.2) is 24.3 Å². The van der Waals surface area contributed by atoms with Gasteiger partial charge in [-0.3, -0.25) is 4.79 Å². The topological polar surface area (TPSA) is 41.1 Å². The third-order valence-electron chi connectivity index (χ3n) is 3.25. The molecule has 3 nitrogen and oxygen atoms in total. The Bertz CT molecular complexity index is 409. The number of carbonyl (C=O) groups is 1. The summed E-state index contributed by atoms with van der Waals surface area (Å²) in [5.74, 6) is -0.621. The lowest BCUT2D eigenvalue weighted by Crippen LogP contribution is -2.34. The van der Waals surface area contributed by atoms with Crippen molar-refractivity contribution in [2.24, 2.45) is 0 Å². The smallest absolute Gasteiger partial charge is 0.238 e. The molecular formula is C16H25FN2O. The van der Waals surface area contributed by atoms with Crippen LogP contribution in [0.4, 0.5) is 10.1 Å². The molecule has 1 rings (SSSR count). The Morgan fingerprint density at radius 3 is 2.70 bits per heavy atom. The summed E-state index contributed by atoms with van der Waals surface area (Å²) in [6.45, 7) is 4.47. The summed E-state index contributed by atoms with van der Waals surface area (Å²) >= 11 is 0. The SMILES string of the molecule is CCCCCCC(C)NCC(=O)Nc1ccccc1F. The zero-order valence-electron chi connectivity index (χ0n) is 12.4. The molecule has 0 saturated heterocycles. The number of halogens is 1. The molecule has 0 spiro atoms. The molecule has 112 valence electrons. The number of benzene rings is 1. The molecule has 0 aliphatic carbocycles. The van der Waals surface area contributed by atoms with Crippen LogP contribution < -0.4 is 10.6 Å². The van der Waals surface area contributed by atoms with Gasteiger partial charge in [0.05, 0.1) is 12.2 Å². The normalized spacial score (nSPS) is 12.2. The van der Waals surface area contributed by atoms with Crippen LogP contribution in [0.5, 0.6) is 0 Å². The van der Waals surface area contributed by atoms with Crippen LogP contribution in [0.25, 0.3) is 0 Å². The van der Waals surface area contributed by atoms with Gasteiger partial charge in [-0.2, -0.15) is 0 Å². The second-order valence-corrected chi connectivity index (χ2v) is 5.16. The Balaban J connectivity index is 2.21. The largest absolute Gasteiger partial charge is 0.322 e. The van der Waals surface area contributed by atoms with Crippen LogP contribution in [-0.4, -0.2) is 18.5 Å². The van der Waals surface area contributed by atoms with Gasteiger partial charge in [-0.1, -0.05) is 44.7 Å². The maximum Gasteiger partial charge on any atom is 0.238 e. The summed E-state index contributed by atoms with van der Waals surface area (Å²) in [7, 11) is 0. The van der Waals surface area contributed by atoms with E-state index in [1.807, 2.05) is 0 Å². The van der Waals surface area contributed by atoms with Gasteiger partial charge < -0.3 is 10.6 Å². The Morgan fingerprint density at radius 1 is 1.25 bits per heavy atom. The molecule has 0 aromatic heterocycles. The molecule has 0 saturated carbocycles. The number of unbranched alkanes of at least 4 members (excludes halogenated alkanes) is 3. The maximum atomic E-state index is 13.4. The molecular weight excluding hydrogens is 255 g/mol. The number of amides is 1. The maximum absolute atomic E-state index is 13.4. The second kappa shape index (κ2) is 9.48. The van der Waals surface area contributed by atoms with Gasteiger partial charge in [0, 0.05) is 6.04 Å². The average molecular weight is 280 g/mol. The molecule has 1 unspecified atom stereocenters. The lowest BCUT2D eigenvalue weighted by Gasteiger charge is -2.13. The van der Waals surface area contributed by atoms with E-state index in [4.69, 9.17) is 0 Å². The Labute approximate surface area is 121 Å². The number of carbonyl (C=O) groups excluding carboxylic acids is 1. The lowest BCUT2D eigenvalue weighted by molar-refractivity contribution is -0.115. The lowest BCUT2D eigenvalue weighted by atomic mass is 10.1. The average Bonchev–Trinajstić information content (AvgIpc) is 2.44. The quantitative estimate of drug-likeness (QED) is 0.677. The first-order valence-corrected chi connectivity index (χ1v) is 7.41. The second-order valence-electron chi connectivity index (χ2n) is 5.16. The number of rotatable bonds is 9. The van der Waals surface area contributed by atoms with Gasteiger partial charge in [-0.15, -0.1) is 0 Å². The standard InChI is InChI=1S/C16H25FN2O/c1-3-4-5-6-9-13(2)18-12-16(20)19-15-11-8-7-10-14(15)17/h7-8,10-11,13,18H,3-6,9,12H2,1-2H3,(H,19,20). The summed E-state index contributed by atoms with van der Waals surface area (Å²) < 4.78 is 13.4. The van der Waals surface area contributed by atoms with Crippen molar-refractivity contribution >= 4 is 11.6 Å². The zero-order valence-corrected chi connectivity index (χ0v) is 12.4. The molecule has 0 aliphatic rings. The van der Waals surface area contributed by atoms with Crippen LogP contribution in [0.3, 0.4) is 0 Å². The van der Waals surface area contributed by atoms with Gasteiger partial charge >= 0.3 is 0 Å². The molecule has 2 N–H and O–H groups in total. The van der Waals surface area contributed by atoms with E-state index >= 15 is 0 Å². The Hall–Kier alpha value is -1.42. The fourth-order valence-corrected chi connectivity index (χ4v) is 2.00. The van der Waals surface area contributed by atoms with E-state index in [-0.39, 0.29) is 18.1 Å². The fraction of sp³-hybridized carbons (Fsp3) is 0.562. The first-order valence-electron chi connectivity index (χ1n) is 7.41. The summed E-state index contributed by atoms with van der Waals surface area (Å²) in [6.07, 6.45) is 5.97. The number of anilines is 1. The Morgan fingerprint density at radius 2 is 2.00 bits per heavy atom. The van der Waals surface area contributed by atoms with E-state index in [2.05, 4.69) is 24.5 Å². The first kappa shape index (κ1) is 16.6. The summed E-state index contributed by atoms with van der Waals surface area (Å²) in [6, 6.07) is 6.49. The van der Waals surface area contributed by atoms with E-state index in [1.165, 1.54) is 31.7 Å². The third-order valence-corrected chi connectivity index (χ3v) is 3.25. The molecule has 0 aliphatic heterocycles. The van der Waals surface area contributed by atoms with Crippen LogP contribution in [0, 0.1) is 5.82 Å². The van der Waals surface area contributed by atoms with Crippen molar-refractivity contribution in [2.75, 3.05) is 11.9 Å². The van der Waals surface area contributed by atoms with E-state index in [0.29, 0.717) is 6.04 Å². The highest BCUT2D eigenvalue weighted by Gasteiger charge is 2.08. The molecule has 0 fully saturated rings. The third kappa shape index (κ3) is 6.66. The number of para-hydroxylation sites is 1. The van der Waals surface area contributed by atoms with Gasteiger partial charge in [0.25, 0.3) is 0 Å². The molecule has 1 aromatic rings. The van der Waals surface area contributed by atoms with E-state index in [0.717, 1.165) is 6.42 Å². The van der Waals surface area contributed by atoms with Crippen molar-refractivity contribution in [2.45, 2.75) is 52.0 Å². The van der Waals surface area contributed by atoms with Crippen LogP contribution in [0.2, 0.25) is 0 Å². The number of hydrogen-bond acceptors (Lipinski definition) is 2. The highest BCUT2D eigenvalue weighted by atomic mass is 19.1. The number of hydrogen-bond donors (Lipinski definition) is 2.